The number of hydrogen-bond donors (Lipinski definition) is 0. The first-order chi connectivity index (χ1) is 13.0. The lowest BCUT2D eigenvalue weighted by Crippen LogP contribution is -2.21. The fourth-order valence-corrected chi connectivity index (χ4v) is 6.17. The summed E-state index contributed by atoms with van der Waals surface area (Å²) in [6.45, 7) is 2.24. The van der Waals surface area contributed by atoms with Gasteiger partial charge in [-0.15, -0.1) is 0 Å². The van der Waals surface area contributed by atoms with Gasteiger partial charge < -0.3 is 0 Å². The van der Waals surface area contributed by atoms with Gasteiger partial charge >= 0.3 is 0 Å². The molecule has 0 saturated heterocycles. The Balaban J connectivity index is 1.62. The summed E-state index contributed by atoms with van der Waals surface area (Å²) in [5.74, 6) is -2.99. The van der Waals surface area contributed by atoms with Crippen molar-refractivity contribution < 1.29 is 17.6 Å². The van der Waals surface area contributed by atoms with Crippen molar-refractivity contribution in [1.82, 2.24) is 0 Å². The van der Waals surface area contributed by atoms with Crippen LogP contribution in [0.3, 0.4) is 0 Å². The van der Waals surface area contributed by atoms with E-state index in [0.29, 0.717) is 0 Å². The zero-order valence-electron chi connectivity index (χ0n) is 15.7. The van der Waals surface area contributed by atoms with Crippen LogP contribution in [0.25, 0.3) is 11.1 Å². The number of benzene rings is 2. The summed E-state index contributed by atoms with van der Waals surface area (Å²) < 4.78 is 54.4. The first kappa shape index (κ1) is 20.1. The van der Waals surface area contributed by atoms with Crippen molar-refractivity contribution in [2.24, 2.45) is 11.8 Å². The van der Waals surface area contributed by atoms with Gasteiger partial charge in [-0.2, -0.15) is 0 Å². The molecule has 0 bridgehead atoms. The minimum atomic E-state index is -1.53. The molecule has 0 spiro atoms. The molecule has 5 heteroatoms. The van der Waals surface area contributed by atoms with Gasteiger partial charge in [0.1, 0.15) is 5.82 Å². The number of hydrogen-bond acceptors (Lipinski definition) is 0. The molecule has 3 rings (SSSR count). The van der Waals surface area contributed by atoms with E-state index in [1.807, 2.05) is 6.07 Å². The van der Waals surface area contributed by atoms with Crippen molar-refractivity contribution >= 4 is 14.7 Å². The van der Waals surface area contributed by atoms with Crippen LogP contribution in [0.5, 0.6) is 0 Å². The highest BCUT2D eigenvalue weighted by molar-refractivity contribution is 6.53. The Labute approximate surface area is 160 Å². The molecular formula is C22H26F4Si. The predicted octanol–water partition coefficient (Wildman–Crippen LogP) is 5.73. The monoisotopic (exact) mass is 394 g/mol. The summed E-state index contributed by atoms with van der Waals surface area (Å²) in [6, 6.07) is 7.75. The highest BCUT2D eigenvalue weighted by atomic mass is 28.2. The minimum absolute atomic E-state index is 0.0198. The van der Waals surface area contributed by atoms with Crippen molar-refractivity contribution in [1.29, 1.82) is 0 Å². The lowest BCUT2D eigenvalue weighted by molar-refractivity contribution is 0.276. The standard InChI is InChI=1S/C22H26F4Si/c1-2-3-14-4-6-15(7-5-14)13-27-17-8-9-18(19(23)12-17)16-10-20(24)22(26)21(25)11-16/h8-12,14-15H,2-7,13,27H2,1H3/t14-,15-. The van der Waals surface area contributed by atoms with Gasteiger partial charge in [-0.1, -0.05) is 68.8 Å². The molecule has 0 atom stereocenters. The SMILES string of the molecule is CCC[C@H]1CC[C@H](C[SiH2]c2ccc(-c3cc(F)c(F)c(F)c3)c(F)c2)CC1. The van der Waals surface area contributed by atoms with E-state index < -0.39 is 32.8 Å². The second kappa shape index (κ2) is 9.05. The molecule has 0 nitrogen and oxygen atoms in total. The van der Waals surface area contributed by atoms with Gasteiger partial charge in [0.25, 0.3) is 0 Å². The molecule has 2 aromatic carbocycles. The maximum absolute atomic E-state index is 14.5. The molecule has 1 aliphatic rings. The fourth-order valence-electron chi connectivity index (χ4n) is 4.25. The van der Waals surface area contributed by atoms with E-state index in [-0.39, 0.29) is 11.1 Å². The Hall–Kier alpha value is -1.62. The molecule has 0 aromatic heterocycles. The van der Waals surface area contributed by atoms with Crippen molar-refractivity contribution in [2.45, 2.75) is 51.5 Å². The number of halogens is 4. The van der Waals surface area contributed by atoms with E-state index >= 15 is 0 Å². The van der Waals surface area contributed by atoms with Crippen molar-refractivity contribution in [3.63, 3.8) is 0 Å². The van der Waals surface area contributed by atoms with Crippen molar-refractivity contribution in [3.05, 3.63) is 53.6 Å². The molecule has 0 aliphatic heterocycles. The minimum Gasteiger partial charge on any atom is -0.206 e. The molecule has 0 N–H and O–H groups in total. The van der Waals surface area contributed by atoms with Crippen LogP contribution in [0.1, 0.15) is 45.4 Å². The lowest BCUT2D eigenvalue weighted by Gasteiger charge is -2.28. The summed E-state index contributed by atoms with van der Waals surface area (Å²) in [6.07, 6.45) is 7.81. The van der Waals surface area contributed by atoms with Crippen LogP contribution in [0, 0.1) is 35.1 Å². The van der Waals surface area contributed by atoms with Crippen LogP contribution in [0.2, 0.25) is 6.04 Å². The van der Waals surface area contributed by atoms with Gasteiger partial charge in [0.2, 0.25) is 0 Å². The van der Waals surface area contributed by atoms with Gasteiger partial charge in [-0.05, 0) is 35.6 Å². The zero-order valence-corrected chi connectivity index (χ0v) is 17.1. The van der Waals surface area contributed by atoms with Crippen LogP contribution >= 0.6 is 0 Å². The van der Waals surface area contributed by atoms with E-state index in [9.17, 15) is 17.6 Å². The Morgan fingerprint density at radius 3 is 2.07 bits per heavy atom. The summed E-state index contributed by atoms with van der Waals surface area (Å²) in [4.78, 5) is 0. The van der Waals surface area contributed by atoms with Crippen LogP contribution < -0.4 is 5.19 Å². The topological polar surface area (TPSA) is 0 Å². The molecule has 0 unspecified atom stereocenters. The summed E-state index contributed by atoms with van der Waals surface area (Å²) >= 11 is 0. The third-order valence-electron chi connectivity index (χ3n) is 5.83. The Morgan fingerprint density at radius 2 is 1.48 bits per heavy atom. The van der Waals surface area contributed by atoms with Crippen molar-refractivity contribution in [3.8, 4) is 11.1 Å². The molecule has 27 heavy (non-hydrogen) atoms. The fraction of sp³-hybridized carbons (Fsp3) is 0.455. The highest BCUT2D eigenvalue weighted by Crippen LogP contribution is 2.33. The smallest absolute Gasteiger partial charge is 0.194 e. The first-order valence-electron chi connectivity index (χ1n) is 9.91. The molecule has 1 fully saturated rings. The molecule has 0 radical (unpaired) electrons. The molecule has 146 valence electrons. The van der Waals surface area contributed by atoms with Crippen LogP contribution in [-0.2, 0) is 0 Å². The molecule has 1 aliphatic carbocycles. The normalized spacial score (nSPS) is 20.5. The quantitative estimate of drug-likeness (QED) is 0.333. The molecule has 0 heterocycles. The summed E-state index contributed by atoms with van der Waals surface area (Å²) in [5, 5.41) is 1.02. The second-order valence-electron chi connectivity index (χ2n) is 7.78. The first-order valence-corrected chi connectivity index (χ1v) is 11.6. The van der Waals surface area contributed by atoms with E-state index in [2.05, 4.69) is 6.92 Å². The molecule has 1 saturated carbocycles. The van der Waals surface area contributed by atoms with E-state index in [0.717, 1.165) is 29.2 Å². The molecular weight excluding hydrogens is 368 g/mol. The van der Waals surface area contributed by atoms with Gasteiger partial charge in [-0.25, -0.2) is 17.6 Å². The maximum atomic E-state index is 14.5. The van der Waals surface area contributed by atoms with Crippen LogP contribution in [-0.4, -0.2) is 9.52 Å². The maximum Gasteiger partial charge on any atom is 0.194 e. The Kier molecular flexibility index (Phi) is 6.74. The zero-order chi connectivity index (χ0) is 19.4. The third kappa shape index (κ3) is 5.01. The van der Waals surface area contributed by atoms with E-state index in [4.69, 9.17) is 0 Å². The van der Waals surface area contributed by atoms with Gasteiger partial charge in [0.15, 0.2) is 17.5 Å². The lowest BCUT2D eigenvalue weighted by atomic mass is 9.81. The predicted molar refractivity (Wildman–Crippen MR) is 105 cm³/mol. The molecule has 0 amide bonds. The molecule has 2 aromatic rings. The van der Waals surface area contributed by atoms with Gasteiger partial charge in [0, 0.05) is 5.56 Å². The van der Waals surface area contributed by atoms with Crippen LogP contribution in [0.4, 0.5) is 17.6 Å². The van der Waals surface area contributed by atoms with Crippen LogP contribution in [0.15, 0.2) is 30.3 Å². The van der Waals surface area contributed by atoms with E-state index in [1.54, 1.807) is 6.07 Å². The van der Waals surface area contributed by atoms with Gasteiger partial charge in [-0.3, -0.25) is 0 Å². The number of rotatable bonds is 6. The third-order valence-corrected chi connectivity index (χ3v) is 7.96. The summed E-state index contributed by atoms with van der Waals surface area (Å²) in [5.41, 5.74) is 0.122. The average molecular weight is 395 g/mol. The van der Waals surface area contributed by atoms with Crippen molar-refractivity contribution in [2.75, 3.05) is 0 Å². The Bertz CT molecular complexity index is 759. The van der Waals surface area contributed by atoms with Gasteiger partial charge in [0.05, 0.1) is 9.52 Å². The average Bonchev–Trinajstić information content (AvgIpc) is 2.65. The largest absolute Gasteiger partial charge is 0.206 e. The second-order valence-corrected chi connectivity index (χ2v) is 9.68. The highest BCUT2D eigenvalue weighted by Gasteiger charge is 2.20. The Morgan fingerprint density at radius 1 is 0.852 bits per heavy atom. The summed E-state index contributed by atoms with van der Waals surface area (Å²) in [7, 11) is -0.572. The van der Waals surface area contributed by atoms with E-state index in [1.165, 1.54) is 50.6 Å².